The number of hydrogen-bond donors (Lipinski definition) is 1. The second kappa shape index (κ2) is 4.39. The SMILES string of the molecule is Cc1ccccc1C(=O)N[C@]1(C)CCS(=O)(=O)C1. The third kappa shape index (κ3) is 2.72. The fourth-order valence-electron chi connectivity index (χ4n) is 2.28. The highest BCUT2D eigenvalue weighted by atomic mass is 32.2. The molecule has 0 radical (unpaired) electrons. The van der Waals surface area contributed by atoms with Crippen molar-refractivity contribution in [1.29, 1.82) is 0 Å². The molecule has 0 aromatic heterocycles. The predicted molar refractivity (Wildman–Crippen MR) is 70.3 cm³/mol. The van der Waals surface area contributed by atoms with Gasteiger partial charge in [0.15, 0.2) is 9.84 Å². The zero-order valence-electron chi connectivity index (χ0n) is 10.6. The van der Waals surface area contributed by atoms with Crippen LogP contribution in [0.3, 0.4) is 0 Å². The number of aryl methyl sites for hydroxylation is 1. The molecule has 0 spiro atoms. The molecule has 1 aromatic carbocycles. The van der Waals surface area contributed by atoms with Crippen LogP contribution < -0.4 is 5.32 Å². The summed E-state index contributed by atoms with van der Waals surface area (Å²) in [4.78, 5) is 12.1. The maximum absolute atomic E-state index is 12.1. The minimum Gasteiger partial charge on any atom is -0.346 e. The van der Waals surface area contributed by atoms with Crippen LogP contribution >= 0.6 is 0 Å². The monoisotopic (exact) mass is 267 g/mol. The van der Waals surface area contributed by atoms with Crippen molar-refractivity contribution >= 4 is 15.7 Å². The summed E-state index contributed by atoms with van der Waals surface area (Å²) >= 11 is 0. The molecule has 1 N–H and O–H groups in total. The van der Waals surface area contributed by atoms with Crippen molar-refractivity contribution in [3.63, 3.8) is 0 Å². The molecule has 1 atom stereocenters. The van der Waals surface area contributed by atoms with Gasteiger partial charge in [-0.3, -0.25) is 4.79 Å². The molecule has 1 aromatic rings. The van der Waals surface area contributed by atoms with Gasteiger partial charge in [0.1, 0.15) is 0 Å². The Morgan fingerprint density at radius 3 is 2.56 bits per heavy atom. The lowest BCUT2D eigenvalue weighted by Crippen LogP contribution is -2.47. The van der Waals surface area contributed by atoms with E-state index in [1.54, 1.807) is 19.1 Å². The van der Waals surface area contributed by atoms with E-state index in [0.29, 0.717) is 12.0 Å². The van der Waals surface area contributed by atoms with Gasteiger partial charge in [0.05, 0.1) is 17.0 Å². The number of nitrogens with one attached hydrogen (secondary N) is 1. The average molecular weight is 267 g/mol. The molecule has 0 bridgehead atoms. The first-order valence-corrected chi connectivity index (χ1v) is 7.72. The second-order valence-electron chi connectivity index (χ2n) is 5.17. The highest BCUT2D eigenvalue weighted by Gasteiger charge is 2.39. The molecule has 4 nitrogen and oxygen atoms in total. The van der Waals surface area contributed by atoms with Crippen LogP contribution in [0.4, 0.5) is 0 Å². The second-order valence-corrected chi connectivity index (χ2v) is 7.36. The van der Waals surface area contributed by atoms with Crippen molar-refractivity contribution in [2.45, 2.75) is 25.8 Å². The summed E-state index contributed by atoms with van der Waals surface area (Å²) in [6.45, 7) is 3.65. The Bertz CT molecular complexity index is 580. The van der Waals surface area contributed by atoms with Crippen molar-refractivity contribution < 1.29 is 13.2 Å². The fourth-order valence-corrected chi connectivity index (χ4v) is 4.37. The number of sulfone groups is 1. The van der Waals surface area contributed by atoms with Gasteiger partial charge in [0, 0.05) is 5.56 Å². The van der Waals surface area contributed by atoms with E-state index < -0.39 is 15.4 Å². The van der Waals surface area contributed by atoms with E-state index in [4.69, 9.17) is 0 Å². The van der Waals surface area contributed by atoms with Crippen molar-refractivity contribution in [1.82, 2.24) is 5.32 Å². The van der Waals surface area contributed by atoms with Crippen molar-refractivity contribution in [3.8, 4) is 0 Å². The van der Waals surface area contributed by atoms with Gasteiger partial charge in [-0.25, -0.2) is 8.42 Å². The fraction of sp³-hybridized carbons (Fsp3) is 0.462. The van der Waals surface area contributed by atoms with Gasteiger partial charge in [-0.2, -0.15) is 0 Å². The Morgan fingerprint density at radius 2 is 2.00 bits per heavy atom. The molecule has 1 amide bonds. The molecular formula is C13H17NO3S. The summed E-state index contributed by atoms with van der Waals surface area (Å²) in [6.07, 6.45) is 0.479. The van der Waals surface area contributed by atoms with E-state index >= 15 is 0 Å². The summed E-state index contributed by atoms with van der Waals surface area (Å²) < 4.78 is 23.0. The maximum atomic E-state index is 12.1. The number of rotatable bonds is 2. The summed E-state index contributed by atoms with van der Waals surface area (Å²) in [7, 11) is -3.01. The summed E-state index contributed by atoms with van der Waals surface area (Å²) in [5.41, 5.74) is 0.848. The van der Waals surface area contributed by atoms with Crippen LogP contribution in [-0.2, 0) is 9.84 Å². The standard InChI is InChI=1S/C13H17NO3S/c1-10-5-3-4-6-11(10)12(15)14-13(2)7-8-18(16,17)9-13/h3-6H,7-9H2,1-2H3,(H,14,15)/t13-/m1/s1. The Morgan fingerprint density at radius 1 is 1.33 bits per heavy atom. The summed E-state index contributed by atoms with van der Waals surface area (Å²) in [6, 6.07) is 7.28. The van der Waals surface area contributed by atoms with Gasteiger partial charge >= 0.3 is 0 Å². The molecule has 1 aliphatic rings. The van der Waals surface area contributed by atoms with Crippen LogP contribution in [0.2, 0.25) is 0 Å². The molecule has 1 heterocycles. The molecule has 98 valence electrons. The quantitative estimate of drug-likeness (QED) is 0.878. The molecular weight excluding hydrogens is 250 g/mol. The molecule has 2 rings (SSSR count). The van der Waals surface area contributed by atoms with E-state index in [1.807, 2.05) is 19.1 Å². The molecule has 0 aliphatic carbocycles. The maximum Gasteiger partial charge on any atom is 0.251 e. The summed E-state index contributed by atoms with van der Waals surface area (Å²) in [5.74, 6) is -0.0254. The van der Waals surface area contributed by atoms with Gasteiger partial charge in [-0.05, 0) is 31.9 Å². The van der Waals surface area contributed by atoms with E-state index in [-0.39, 0.29) is 17.4 Å². The molecule has 1 fully saturated rings. The lowest BCUT2D eigenvalue weighted by Gasteiger charge is -2.24. The van der Waals surface area contributed by atoms with Gasteiger partial charge in [-0.15, -0.1) is 0 Å². The molecule has 18 heavy (non-hydrogen) atoms. The van der Waals surface area contributed by atoms with Gasteiger partial charge in [-0.1, -0.05) is 18.2 Å². The zero-order valence-corrected chi connectivity index (χ0v) is 11.4. The van der Waals surface area contributed by atoms with E-state index in [0.717, 1.165) is 5.56 Å². The highest BCUT2D eigenvalue weighted by molar-refractivity contribution is 7.91. The van der Waals surface area contributed by atoms with E-state index in [2.05, 4.69) is 5.32 Å². The Hall–Kier alpha value is -1.36. The first kappa shape index (κ1) is 13.1. The van der Waals surface area contributed by atoms with Crippen LogP contribution in [0, 0.1) is 6.92 Å². The van der Waals surface area contributed by atoms with Crippen molar-refractivity contribution in [2.75, 3.05) is 11.5 Å². The minimum atomic E-state index is -3.01. The molecule has 1 saturated heterocycles. The van der Waals surface area contributed by atoms with Crippen LogP contribution in [0.5, 0.6) is 0 Å². The van der Waals surface area contributed by atoms with Crippen LogP contribution in [0.15, 0.2) is 24.3 Å². The number of hydrogen-bond acceptors (Lipinski definition) is 3. The van der Waals surface area contributed by atoms with Gasteiger partial charge < -0.3 is 5.32 Å². The number of carbonyl (C=O) groups excluding carboxylic acids is 1. The highest BCUT2D eigenvalue weighted by Crippen LogP contribution is 2.23. The number of amides is 1. The number of carbonyl (C=O) groups is 1. The number of benzene rings is 1. The van der Waals surface area contributed by atoms with Crippen molar-refractivity contribution in [2.24, 2.45) is 0 Å². The molecule has 5 heteroatoms. The molecule has 0 saturated carbocycles. The first-order chi connectivity index (χ1) is 8.31. The largest absolute Gasteiger partial charge is 0.346 e. The lowest BCUT2D eigenvalue weighted by atomic mass is 10.0. The Labute approximate surface area is 107 Å². The predicted octanol–water partition coefficient (Wildman–Crippen LogP) is 1.30. The molecule has 0 unspecified atom stereocenters. The smallest absolute Gasteiger partial charge is 0.251 e. The van der Waals surface area contributed by atoms with Gasteiger partial charge in [0.2, 0.25) is 0 Å². The van der Waals surface area contributed by atoms with E-state index in [1.165, 1.54) is 0 Å². The van der Waals surface area contributed by atoms with Crippen LogP contribution in [0.25, 0.3) is 0 Å². The van der Waals surface area contributed by atoms with Gasteiger partial charge in [0.25, 0.3) is 5.91 Å². The minimum absolute atomic E-state index is 0.0254. The molecule has 1 aliphatic heterocycles. The van der Waals surface area contributed by atoms with E-state index in [9.17, 15) is 13.2 Å². The van der Waals surface area contributed by atoms with Crippen LogP contribution in [-0.4, -0.2) is 31.4 Å². The van der Waals surface area contributed by atoms with Crippen LogP contribution in [0.1, 0.15) is 29.3 Å². The average Bonchev–Trinajstić information content (AvgIpc) is 2.53. The lowest BCUT2D eigenvalue weighted by molar-refractivity contribution is 0.0915. The third-order valence-corrected chi connectivity index (χ3v) is 5.21. The normalized spacial score (nSPS) is 25.9. The Balaban J connectivity index is 2.16. The summed E-state index contributed by atoms with van der Waals surface area (Å²) in [5, 5.41) is 2.85. The third-order valence-electron chi connectivity index (χ3n) is 3.31. The topological polar surface area (TPSA) is 63.2 Å². The zero-order chi connectivity index (χ0) is 13.4. The van der Waals surface area contributed by atoms with Crippen molar-refractivity contribution in [3.05, 3.63) is 35.4 Å². The first-order valence-electron chi connectivity index (χ1n) is 5.90. The Kier molecular flexibility index (Phi) is 3.19.